The minimum absolute atomic E-state index is 0.393. The van der Waals surface area contributed by atoms with Gasteiger partial charge in [0, 0.05) is 25.4 Å². The molecule has 0 aliphatic heterocycles. The van der Waals surface area contributed by atoms with E-state index in [0.717, 1.165) is 11.4 Å². The predicted octanol–water partition coefficient (Wildman–Crippen LogP) is 3.03. The average molecular weight is 254 g/mol. The van der Waals surface area contributed by atoms with Gasteiger partial charge in [0.25, 0.3) is 0 Å². The zero-order valence-electron chi connectivity index (χ0n) is 11.5. The summed E-state index contributed by atoms with van der Waals surface area (Å²) in [5.74, 6) is 0.393. The van der Waals surface area contributed by atoms with Gasteiger partial charge in [0.15, 0.2) is 0 Å². The Kier molecular flexibility index (Phi) is 3.86. The number of rotatable bonds is 4. The van der Waals surface area contributed by atoms with Crippen LogP contribution in [0.3, 0.4) is 0 Å². The largest absolute Gasteiger partial charge is 0.380 e. The lowest BCUT2D eigenvalue weighted by Gasteiger charge is -2.09. The SMILES string of the molecule is CC(C)c1nn(C)cc1CNc1ccccc1C#N. The maximum absolute atomic E-state index is 9.06. The molecule has 2 aromatic rings. The maximum atomic E-state index is 9.06. The van der Waals surface area contributed by atoms with Crippen molar-refractivity contribution in [3.8, 4) is 6.07 Å². The molecule has 0 amide bonds. The van der Waals surface area contributed by atoms with Crippen molar-refractivity contribution in [2.75, 3.05) is 5.32 Å². The van der Waals surface area contributed by atoms with Crippen LogP contribution in [0.2, 0.25) is 0 Å². The van der Waals surface area contributed by atoms with E-state index in [-0.39, 0.29) is 0 Å². The molecule has 98 valence electrons. The molecule has 0 aliphatic carbocycles. The Balaban J connectivity index is 2.17. The van der Waals surface area contributed by atoms with Crippen LogP contribution in [0.5, 0.6) is 0 Å². The quantitative estimate of drug-likeness (QED) is 0.912. The molecule has 4 heteroatoms. The van der Waals surface area contributed by atoms with E-state index in [1.807, 2.05) is 42.2 Å². The monoisotopic (exact) mass is 254 g/mol. The lowest BCUT2D eigenvalue weighted by molar-refractivity contribution is 0.712. The van der Waals surface area contributed by atoms with Crippen LogP contribution in [-0.4, -0.2) is 9.78 Å². The van der Waals surface area contributed by atoms with Crippen LogP contribution in [0.1, 0.15) is 36.6 Å². The van der Waals surface area contributed by atoms with Gasteiger partial charge >= 0.3 is 0 Å². The highest BCUT2D eigenvalue weighted by Crippen LogP contribution is 2.20. The Morgan fingerprint density at radius 1 is 1.37 bits per heavy atom. The Labute approximate surface area is 113 Å². The van der Waals surface area contributed by atoms with Crippen molar-refractivity contribution < 1.29 is 0 Å². The van der Waals surface area contributed by atoms with Crippen LogP contribution in [0.15, 0.2) is 30.5 Å². The van der Waals surface area contributed by atoms with E-state index < -0.39 is 0 Å². The molecule has 0 radical (unpaired) electrons. The predicted molar refractivity (Wildman–Crippen MR) is 75.8 cm³/mol. The Morgan fingerprint density at radius 2 is 2.11 bits per heavy atom. The minimum atomic E-state index is 0.393. The van der Waals surface area contributed by atoms with Crippen LogP contribution in [0.25, 0.3) is 0 Å². The Morgan fingerprint density at radius 3 is 2.79 bits per heavy atom. The zero-order valence-corrected chi connectivity index (χ0v) is 11.5. The minimum Gasteiger partial charge on any atom is -0.380 e. The summed E-state index contributed by atoms with van der Waals surface area (Å²) in [6.45, 7) is 4.95. The van der Waals surface area contributed by atoms with Gasteiger partial charge in [-0.15, -0.1) is 0 Å². The number of hydrogen-bond acceptors (Lipinski definition) is 3. The molecule has 0 aliphatic rings. The molecule has 4 nitrogen and oxygen atoms in total. The number of anilines is 1. The highest BCUT2D eigenvalue weighted by molar-refractivity contribution is 5.57. The number of nitrogens with zero attached hydrogens (tertiary/aromatic N) is 3. The third-order valence-corrected chi connectivity index (χ3v) is 3.00. The van der Waals surface area contributed by atoms with E-state index in [9.17, 15) is 0 Å². The molecule has 1 heterocycles. The lowest BCUT2D eigenvalue weighted by Crippen LogP contribution is -2.03. The molecule has 0 fully saturated rings. The normalized spacial score (nSPS) is 10.5. The van der Waals surface area contributed by atoms with Crippen LogP contribution in [-0.2, 0) is 13.6 Å². The molecule has 1 aromatic heterocycles. The van der Waals surface area contributed by atoms with E-state index in [1.54, 1.807) is 0 Å². The van der Waals surface area contributed by atoms with Gasteiger partial charge in [-0.2, -0.15) is 10.4 Å². The molecule has 0 atom stereocenters. The number of hydrogen-bond donors (Lipinski definition) is 1. The van der Waals surface area contributed by atoms with Crippen LogP contribution in [0, 0.1) is 11.3 Å². The second kappa shape index (κ2) is 5.57. The van der Waals surface area contributed by atoms with E-state index in [2.05, 4.69) is 30.3 Å². The van der Waals surface area contributed by atoms with Crippen molar-refractivity contribution in [2.24, 2.45) is 7.05 Å². The van der Waals surface area contributed by atoms with Gasteiger partial charge in [0.2, 0.25) is 0 Å². The molecule has 0 bridgehead atoms. The van der Waals surface area contributed by atoms with Crippen molar-refractivity contribution >= 4 is 5.69 Å². The fourth-order valence-corrected chi connectivity index (χ4v) is 2.10. The fraction of sp³-hybridized carbons (Fsp3) is 0.333. The molecule has 0 saturated heterocycles. The average Bonchev–Trinajstić information content (AvgIpc) is 2.78. The molecular weight excluding hydrogens is 236 g/mol. The van der Waals surface area contributed by atoms with Crippen molar-refractivity contribution in [3.63, 3.8) is 0 Å². The molecule has 1 N–H and O–H groups in total. The summed E-state index contributed by atoms with van der Waals surface area (Å²) in [6.07, 6.45) is 2.03. The van der Waals surface area contributed by atoms with E-state index in [1.165, 1.54) is 5.56 Å². The molecular formula is C15H18N4. The lowest BCUT2D eigenvalue weighted by atomic mass is 10.1. The summed E-state index contributed by atoms with van der Waals surface area (Å²) in [4.78, 5) is 0. The van der Waals surface area contributed by atoms with Gasteiger partial charge in [0.1, 0.15) is 6.07 Å². The highest BCUT2D eigenvalue weighted by Gasteiger charge is 2.11. The number of aromatic nitrogens is 2. The smallest absolute Gasteiger partial charge is 0.101 e. The van der Waals surface area contributed by atoms with E-state index in [4.69, 9.17) is 5.26 Å². The molecule has 0 unspecified atom stereocenters. The number of benzene rings is 1. The highest BCUT2D eigenvalue weighted by atomic mass is 15.3. The molecule has 2 rings (SSSR count). The van der Waals surface area contributed by atoms with Crippen molar-refractivity contribution in [1.29, 1.82) is 5.26 Å². The van der Waals surface area contributed by atoms with Crippen molar-refractivity contribution in [2.45, 2.75) is 26.3 Å². The molecule has 0 spiro atoms. The first-order chi connectivity index (χ1) is 9.11. The molecule has 0 saturated carbocycles. The maximum Gasteiger partial charge on any atom is 0.101 e. The third kappa shape index (κ3) is 2.94. The number of aryl methyl sites for hydroxylation is 1. The van der Waals surface area contributed by atoms with Crippen molar-refractivity contribution in [1.82, 2.24) is 9.78 Å². The summed E-state index contributed by atoms with van der Waals surface area (Å²) in [5, 5.41) is 16.8. The third-order valence-electron chi connectivity index (χ3n) is 3.00. The summed E-state index contributed by atoms with van der Waals surface area (Å²) in [6, 6.07) is 9.72. The second-order valence-corrected chi connectivity index (χ2v) is 4.88. The van der Waals surface area contributed by atoms with Crippen LogP contribution < -0.4 is 5.32 Å². The van der Waals surface area contributed by atoms with E-state index >= 15 is 0 Å². The van der Waals surface area contributed by atoms with Crippen LogP contribution in [0.4, 0.5) is 5.69 Å². The first-order valence-corrected chi connectivity index (χ1v) is 6.37. The molecule has 19 heavy (non-hydrogen) atoms. The van der Waals surface area contributed by atoms with Crippen molar-refractivity contribution in [3.05, 3.63) is 47.3 Å². The van der Waals surface area contributed by atoms with Gasteiger partial charge in [0.05, 0.1) is 16.9 Å². The van der Waals surface area contributed by atoms with Gasteiger partial charge in [-0.25, -0.2) is 0 Å². The zero-order chi connectivity index (χ0) is 13.8. The molecule has 1 aromatic carbocycles. The number of para-hydroxylation sites is 1. The van der Waals surface area contributed by atoms with E-state index in [0.29, 0.717) is 18.0 Å². The second-order valence-electron chi connectivity index (χ2n) is 4.88. The first kappa shape index (κ1) is 13.2. The summed E-state index contributed by atoms with van der Waals surface area (Å²) in [7, 11) is 1.93. The topological polar surface area (TPSA) is 53.6 Å². The summed E-state index contributed by atoms with van der Waals surface area (Å²) < 4.78 is 1.84. The summed E-state index contributed by atoms with van der Waals surface area (Å²) in [5.41, 5.74) is 3.80. The van der Waals surface area contributed by atoms with Gasteiger partial charge in [-0.1, -0.05) is 26.0 Å². The van der Waals surface area contributed by atoms with Crippen LogP contribution >= 0.6 is 0 Å². The Bertz CT molecular complexity index is 605. The first-order valence-electron chi connectivity index (χ1n) is 6.37. The van der Waals surface area contributed by atoms with Gasteiger partial charge in [-0.05, 0) is 18.1 Å². The summed E-state index contributed by atoms with van der Waals surface area (Å²) >= 11 is 0. The fourth-order valence-electron chi connectivity index (χ4n) is 2.10. The number of nitrogens with one attached hydrogen (secondary N) is 1. The number of nitriles is 1. The van der Waals surface area contributed by atoms with Gasteiger partial charge in [-0.3, -0.25) is 4.68 Å². The van der Waals surface area contributed by atoms with Gasteiger partial charge < -0.3 is 5.32 Å². The standard InChI is InChI=1S/C15H18N4/c1-11(2)15-13(10-19(3)18-15)9-17-14-7-5-4-6-12(14)8-16/h4-7,10-11,17H,9H2,1-3H3. The Hall–Kier alpha value is -2.28.